The maximum Gasteiger partial charge on any atom is 0.306 e. The molecule has 0 heterocycles. The van der Waals surface area contributed by atoms with Crippen LogP contribution in [0.25, 0.3) is 0 Å². The van der Waals surface area contributed by atoms with Crippen LogP contribution in [-0.4, -0.2) is 32.4 Å². The van der Waals surface area contributed by atoms with E-state index in [-0.39, 0.29) is 6.42 Å². The van der Waals surface area contributed by atoms with Gasteiger partial charge in [-0.25, -0.2) is 0 Å². The molecule has 0 radical (unpaired) electrons. The number of carboxylic acids is 1. The first-order valence-electron chi connectivity index (χ1n) is 7.74. The van der Waals surface area contributed by atoms with Crippen LogP contribution in [-0.2, 0) is 27.8 Å². The van der Waals surface area contributed by atoms with Gasteiger partial charge in [-0.2, -0.15) is 8.42 Å². The second kappa shape index (κ2) is 8.53. The van der Waals surface area contributed by atoms with Crippen molar-refractivity contribution in [3.63, 3.8) is 0 Å². The summed E-state index contributed by atoms with van der Waals surface area (Å²) in [6, 6.07) is 14.2. The number of benzene rings is 2. The van der Waals surface area contributed by atoms with Gasteiger partial charge >= 0.3 is 16.1 Å². The number of aryl methyl sites for hydroxylation is 1. The van der Waals surface area contributed by atoms with Crippen LogP contribution >= 0.6 is 0 Å². The summed E-state index contributed by atoms with van der Waals surface area (Å²) >= 11 is 0. The van der Waals surface area contributed by atoms with E-state index >= 15 is 0 Å². The van der Waals surface area contributed by atoms with Crippen molar-refractivity contribution < 1.29 is 27.2 Å². The lowest BCUT2D eigenvalue weighted by Crippen LogP contribution is -2.09. The summed E-state index contributed by atoms with van der Waals surface area (Å²) in [5, 5.41) is 8.67. The Hall–Kier alpha value is -2.54. The molecule has 0 fully saturated rings. The van der Waals surface area contributed by atoms with E-state index in [0.29, 0.717) is 30.9 Å². The van der Waals surface area contributed by atoms with Gasteiger partial charge in [0.05, 0.1) is 12.9 Å². The van der Waals surface area contributed by atoms with Crippen molar-refractivity contribution in [3.8, 4) is 11.5 Å². The first-order chi connectivity index (χ1) is 11.8. The van der Waals surface area contributed by atoms with Gasteiger partial charge in [-0.3, -0.25) is 4.79 Å². The van der Waals surface area contributed by atoms with Crippen LogP contribution in [0.1, 0.15) is 17.5 Å². The summed E-state index contributed by atoms with van der Waals surface area (Å²) in [7, 11) is -3.58. The van der Waals surface area contributed by atoms with Crippen molar-refractivity contribution in [1.29, 1.82) is 0 Å². The highest BCUT2D eigenvalue weighted by Gasteiger charge is 2.09. The van der Waals surface area contributed by atoms with Crippen LogP contribution < -0.4 is 8.92 Å². The van der Waals surface area contributed by atoms with E-state index in [9.17, 15) is 13.2 Å². The van der Waals surface area contributed by atoms with Crippen molar-refractivity contribution in [2.24, 2.45) is 0 Å². The van der Waals surface area contributed by atoms with Gasteiger partial charge < -0.3 is 14.0 Å². The Labute approximate surface area is 147 Å². The summed E-state index contributed by atoms with van der Waals surface area (Å²) in [4.78, 5) is 10.6. The molecule has 2 aromatic rings. The lowest BCUT2D eigenvalue weighted by Gasteiger charge is -2.11. The van der Waals surface area contributed by atoms with Crippen LogP contribution in [0.2, 0.25) is 0 Å². The molecular formula is C18H20O6S. The Morgan fingerprint density at radius 1 is 1.04 bits per heavy atom. The summed E-state index contributed by atoms with van der Waals surface area (Å²) in [5.74, 6) is 0.147. The molecule has 2 rings (SSSR count). The van der Waals surface area contributed by atoms with Crippen molar-refractivity contribution >= 4 is 16.1 Å². The van der Waals surface area contributed by atoms with Gasteiger partial charge in [0.1, 0.15) is 11.5 Å². The maximum absolute atomic E-state index is 11.3. The fraction of sp³-hybridized carbons (Fsp3) is 0.278. The third-order valence-electron chi connectivity index (χ3n) is 3.40. The Bertz CT molecular complexity index is 812. The van der Waals surface area contributed by atoms with Gasteiger partial charge in [0.25, 0.3) is 0 Å². The molecule has 0 aliphatic heterocycles. The first kappa shape index (κ1) is 18.8. The maximum atomic E-state index is 11.3. The topological polar surface area (TPSA) is 89.9 Å². The van der Waals surface area contributed by atoms with Crippen LogP contribution in [0.5, 0.6) is 11.5 Å². The average molecular weight is 364 g/mol. The minimum Gasteiger partial charge on any atom is -0.493 e. The molecule has 0 spiro atoms. The standard InChI is InChI=1S/C18H20O6S/c1-25(21,22)24-17-5-3-2-4-15(17)12-13-23-16-9-6-14(7-10-16)8-11-18(19)20/h2-7,9-10H,8,11-13H2,1H3,(H,19,20). The predicted molar refractivity (Wildman–Crippen MR) is 93.5 cm³/mol. The van der Waals surface area contributed by atoms with Crippen molar-refractivity contribution in [3.05, 3.63) is 59.7 Å². The van der Waals surface area contributed by atoms with Gasteiger partial charge in [0.15, 0.2) is 0 Å². The lowest BCUT2D eigenvalue weighted by atomic mass is 10.1. The number of carboxylic acid groups (broad SMARTS) is 1. The van der Waals surface area contributed by atoms with Crippen LogP contribution in [0.4, 0.5) is 0 Å². The largest absolute Gasteiger partial charge is 0.493 e. The number of hydrogen-bond acceptors (Lipinski definition) is 5. The molecule has 0 aliphatic carbocycles. The zero-order chi connectivity index (χ0) is 18.3. The van der Waals surface area contributed by atoms with Crippen LogP contribution in [0.3, 0.4) is 0 Å². The summed E-state index contributed by atoms with van der Waals surface area (Å²) in [5.41, 5.74) is 1.67. The molecule has 0 bridgehead atoms. The van der Waals surface area contributed by atoms with Gasteiger partial charge in [0, 0.05) is 12.8 Å². The third-order valence-corrected chi connectivity index (χ3v) is 3.89. The van der Waals surface area contributed by atoms with E-state index in [1.807, 2.05) is 18.2 Å². The molecule has 134 valence electrons. The van der Waals surface area contributed by atoms with Crippen LogP contribution in [0.15, 0.2) is 48.5 Å². The summed E-state index contributed by atoms with van der Waals surface area (Å²) in [6.45, 7) is 0.360. The third kappa shape index (κ3) is 6.84. The van der Waals surface area contributed by atoms with Crippen molar-refractivity contribution in [1.82, 2.24) is 0 Å². The molecule has 0 unspecified atom stereocenters. The summed E-state index contributed by atoms with van der Waals surface area (Å²) < 4.78 is 33.2. The molecule has 0 aliphatic rings. The van der Waals surface area contributed by atoms with Gasteiger partial charge in [0.2, 0.25) is 0 Å². The number of para-hydroxylation sites is 1. The van der Waals surface area contributed by atoms with Crippen molar-refractivity contribution in [2.75, 3.05) is 12.9 Å². The van der Waals surface area contributed by atoms with Gasteiger partial charge in [-0.15, -0.1) is 0 Å². The second-order valence-electron chi connectivity index (χ2n) is 5.53. The van der Waals surface area contributed by atoms with E-state index in [4.69, 9.17) is 14.0 Å². The smallest absolute Gasteiger partial charge is 0.306 e. The van der Waals surface area contributed by atoms with E-state index < -0.39 is 16.1 Å². The summed E-state index contributed by atoms with van der Waals surface area (Å²) in [6.07, 6.45) is 2.07. The average Bonchev–Trinajstić information content (AvgIpc) is 2.54. The lowest BCUT2D eigenvalue weighted by molar-refractivity contribution is -0.136. The molecule has 0 amide bonds. The van der Waals surface area contributed by atoms with Crippen molar-refractivity contribution in [2.45, 2.75) is 19.3 Å². The Kier molecular flexibility index (Phi) is 6.41. The van der Waals surface area contributed by atoms with Gasteiger partial charge in [-0.1, -0.05) is 30.3 Å². The van der Waals surface area contributed by atoms with E-state index in [2.05, 4.69) is 0 Å². The molecule has 25 heavy (non-hydrogen) atoms. The minimum atomic E-state index is -3.58. The van der Waals surface area contributed by atoms with E-state index in [1.54, 1.807) is 30.3 Å². The SMILES string of the molecule is CS(=O)(=O)Oc1ccccc1CCOc1ccc(CCC(=O)O)cc1. The molecule has 2 aromatic carbocycles. The zero-order valence-electron chi connectivity index (χ0n) is 13.8. The number of carbonyl (C=O) groups is 1. The molecule has 6 nitrogen and oxygen atoms in total. The molecule has 1 N–H and O–H groups in total. The van der Waals surface area contributed by atoms with E-state index in [0.717, 1.165) is 17.4 Å². The van der Waals surface area contributed by atoms with Crippen LogP contribution in [0, 0.1) is 0 Å². The fourth-order valence-electron chi connectivity index (χ4n) is 2.24. The Morgan fingerprint density at radius 3 is 2.36 bits per heavy atom. The fourth-order valence-corrected chi connectivity index (χ4v) is 2.73. The normalized spacial score (nSPS) is 11.1. The highest BCUT2D eigenvalue weighted by Crippen LogP contribution is 2.21. The number of hydrogen-bond donors (Lipinski definition) is 1. The molecular weight excluding hydrogens is 344 g/mol. The highest BCUT2D eigenvalue weighted by atomic mass is 32.2. The molecule has 7 heteroatoms. The second-order valence-corrected chi connectivity index (χ2v) is 7.11. The number of rotatable bonds is 9. The monoisotopic (exact) mass is 364 g/mol. The molecule has 0 saturated heterocycles. The molecule has 0 saturated carbocycles. The van der Waals surface area contributed by atoms with Gasteiger partial charge in [-0.05, 0) is 35.7 Å². The zero-order valence-corrected chi connectivity index (χ0v) is 14.7. The minimum absolute atomic E-state index is 0.0946. The first-order valence-corrected chi connectivity index (χ1v) is 9.56. The molecule has 0 atom stereocenters. The number of ether oxygens (including phenoxy) is 1. The quantitative estimate of drug-likeness (QED) is 0.688. The van der Waals surface area contributed by atoms with E-state index in [1.165, 1.54) is 0 Å². The molecule has 0 aromatic heterocycles. The highest BCUT2D eigenvalue weighted by molar-refractivity contribution is 7.86. The Morgan fingerprint density at radius 2 is 1.72 bits per heavy atom. The Balaban J connectivity index is 1.89. The predicted octanol–water partition coefficient (Wildman–Crippen LogP) is 2.66. The number of aliphatic carboxylic acids is 1.